The molecule has 4 rings (SSSR count). The second-order valence-electron chi connectivity index (χ2n) is 7.97. The number of nitrogens with one attached hydrogen (secondary N) is 2. The van der Waals surface area contributed by atoms with E-state index in [-0.39, 0.29) is 12.0 Å². The molecule has 0 bridgehead atoms. The standard InChI is InChI=1S/C26H26N2O2/c27-25(20-6-2-1-3-7-20)21-8-4-9-22(18-21)26(16-5-17-26)28-23-13-10-19(11-14-23)12-15-24(29)30/h1-4,6-11,13-14,18,27-28H,5,12,15-17H2,(H,29,30). The molecule has 1 fully saturated rings. The van der Waals surface area contributed by atoms with Crippen LogP contribution in [0.15, 0.2) is 78.9 Å². The first-order chi connectivity index (χ1) is 14.6. The molecule has 0 unspecified atom stereocenters. The van der Waals surface area contributed by atoms with Crippen molar-refractivity contribution in [1.82, 2.24) is 0 Å². The van der Waals surface area contributed by atoms with Gasteiger partial charge in [0.25, 0.3) is 0 Å². The lowest BCUT2D eigenvalue weighted by atomic mass is 9.71. The zero-order valence-corrected chi connectivity index (χ0v) is 16.9. The van der Waals surface area contributed by atoms with E-state index < -0.39 is 5.97 Å². The molecular formula is C26H26N2O2. The normalized spacial score (nSPS) is 14.5. The first-order valence-electron chi connectivity index (χ1n) is 10.4. The predicted molar refractivity (Wildman–Crippen MR) is 120 cm³/mol. The number of benzene rings is 3. The molecule has 0 saturated heterocycles. The monoisotopic (exact) mass is 398 g/mol. The van der Waals surface area contributed by atoms with Crippen molar-refractivity contribution in [3.63, 3.8) is 0 Å². The van der Waals surface area contributed by atoms with Crippen molar-refractivity contribution in [2.75, 3.05) is 5.32 Å². The van der Waals surface area contributed by atoms with Gasteiger partial charge in [-0.15, -0.1) is 0 Å². The van der Waals surface area contributed by atoms with Gasteiger partial charge in [-0.25, -0.2) is 0 Å². The molecule has 0 spiro atoms. The second kappa shape index (κ2) is 8.54. The Morgan fingerprint density at radius 1 is 0.933 bits per heavy atom. The molecule has 1 saturated carbocycles. The lowest BCUT2D eigenvalue weighted by Crippen LogP contribution is -2.42. The summed E-state index contributed by atoms with van der Waals surface area (Å²) in [6.07, 6.45) is 3.97. The second-order valence-corrected chi connectivity index (χ2v) is 7.97. The van der Waals surface area contributed by atoms with E-state index in [9.17, 15) is 4.79 Å². The van der Waals surface area contributed by atoms with Gasteiger partial charge in [0.15, 0.2) is 0 Å². The van der Waals surface area contributed by atoms with Gasteiger partial charge in [-0.1, -0.05) is 60.7 Å². The Kier molecular flexibility index (Phi) is 5.66. The number of aliphatic carboxylic acids is 1. The number of hydrogen-bond donors (Lipinski definition) is 3. The predicted octanol–water partition coefficient (Wildman–Crippen LogP) is 5.61. The summed E-state index contributed by atoms with van der Waals surface area (Å²) in [5, 5.41) is 21.2. The Labute approximate surface area is 177 Å². The Hall–Kier alpha value is -3.40. The molecule has 0 radical (unpaired) electrons. The summed E-state index contributed by atoms with van der Waals surface area (Å²) < 4.78 is 0. The lowest BCUT2D eigenvalue weighted by molar-refractivity contribution is -0.136. The van der Waals surface area contributed by atoms with E-state index in [2.05, 4.69) is 17.4 Å². The molecule has 0 amide bonds. The Morgan fingerprint density at radius 3 is 2.27 bits per heavy atom. The maximum atomic E-state index is 10.8. The minimum absolute atomic E-state index is 0.116. The molecule has 0 atom stereocenters. The van der Waals surface area contributed by atoms with Crippen LogP contribution in [-0.2, 0) is 16.8 Å². The van der Waals surface area contributed by atoms with Crippen LogP contribution in [0.5, 0.6) is 0 Å². The SMILES string of the molecule is N=C(c1ccccc1)c1cccc(C2(Nc3ccc(CCC(=O)O)cc3)CCC2)c1. The van der Waals surface area contributed by atoms with Crippen molar-refractivity contribution in [3.05, 3.63) is 101 Å². The molecule has 1 aliphatic carbocycles. The van der Waals surface area contributed by atoms with Crippen LogP contribution in [0, 0.1) is 5.41 Å². The van der Waals surface area contributed by atoms with Crippen molar-refractivity contribution in [2.24, 2.45) is 0 Å². The van der Waals surface area contributed by atoms with Crippen molar-refractivity contribution >= 4 is 17.4 Å². The van der Waals surface area contributed by atoms with E-state index in [4.69, 9.17) is 10.5 Å². The van der Waals surface area contributed by atoms with Gasteiger partial charge in [0, 0.05) is 17.7 Å². The maximum Gasteiger partial charge on any atom is 0.303 e. The van der Waals surface area contributed by atoms with Crippen molar-refractivity contribution < 1.29 is 9.90 Å². The van der Waals surface area contributed by atoms with E-state index in [1.165, 1.54) is 12.0 Å². The summed E-state index contributed by atoms with van der Waals surface area (Å²) in [5.74, 6) is -0.772. The van der Waals surface area contributed by atoms with E-state index in [0.717, 1.165) is 35.2 Å². The van der Waals surface area contributed by atoms with Gasteiger partial charge in [0.05, 0.1) is 11.3 Å². The van der Waals surface area contributed by atoms with Gasteiger partial charge in [0.1, 0.15) is 0 Å². The van der Waals surface area contributed by atoms with Crippen LogP contribution >= 0.6 is 0 Å². The molecule has 30 heavy (non-hydrogen) atoms. The number of carboxylic acids is 1. The van der Waals surface area contributed by atoms with Gasteiger partial charge >= 0.3 is 5.97 Å². The Morgan fingerprint density at radius 2 is 1.63 bits per heavy atom. The van der Waals surface area contributed by atoms with Gasteiger partial charge in [0.2, 0.25) is 0 Å². The fraction of sp³-hybridized carbons (Fsp3) is 0.231. The molecule has 3 N–H and O–H groups in total. The fourth-order valence-electron chi connectivity index (χ4n) is 4.04. The van der Waals surface area contributed by atoms with Crippen molar-refractivity contribution in [3.8, 4) is 0 Å². The number of hydrogen-bond acceptors (Lipinski definition) is 3. The highest BCUT2D eigenvalue weighted by Gasteiger charge is 2.38. The van der Waals surface area contributed by atoms with Crippen LogP contribution in [0.4, 0.5) is 5.69 Å². The van der Waals surface area contributed by atoms with Gasteiger partial charge in [-0.05, 0) is 60.6 Å². The fourth-order valence-corrected chi connectivity index (χ4v) is 4.04. The zero-order chi connectivity index (χ0) is 21.0. The molecule has 1 aliphatic rings. The largest absolute Gasteiger partial charge is 0.481 e. The maximum absolute atomic E-state index is 10.8. The Balaban J connectivity index is 1.53. The Bertz CT molecular complexity index is 1040. The molecule has 0 aliphatic heterocycles. The third kappa shape index (κ3) is 4.28. The van der Waals surface area contributed by atoms with E-state index >= 15 is 0 Å². The molecule has 0 heterocycles. The molecule has 4 heteroatoms. The minimum Gasteiger partial charge on any atom is -0.481 e. The smallest absolute Gasteiger partial charge is 0.303 e. The van der Waals surface area contributed by atoms with Crippen LogP contribution in [-0.4, -0.2) is 16.8 Å². The molecular weight excluding hydrogens is 372 g/mol. The highest BCUT2D eigenvalue weighted by atomic mass is 16.4. The number of anilines is 1. The quantitative estimate of drug-likeness (QED) is 0.432. The highest BCUT2D eigenvalue weighted by molar-refractivity contribution is 6.10. The summed E-state index contributed by atoms with van der Waals surface area (Å²) in [7, 11) is 0. The summed E-state index contributed by atoms with van der Waals surface area (Å²) in [6, 6.07) is 26.2. The highest BCUT2D eigenvalue weighted by Crippen LogP contribution is 2.44. The number of carbonyl (C=O) groups is 1. The number of rotatable bonds is 8. The first-order valence-corrected chi connectivity index (χ1v) is 10.4. The van der Waals surface area contributed by atoms with E-state index in [1.807, 2.05) is 66.7 Å². The summed E-state index contributed by atoms with van der Waals surface area (Å²) in [4.78, 5) is 10.8. The molecule has 152 valence electrons. The minimum atomic E-state index is -0.772. The van der Waals surface area contributed by atoms with Crippen LogP contribution in [0.1, 0.15) is 47.9 Å². The van der Waals surface area contributed by atoms with Gasteiger partial charge < -0.3 is 10.4 Å². The average molecular weight is 399 g/mol. The van der Waals surface area contributed by atoms with Crippen molar-refractivity contribution in [2.45, 2.75) is 37.6 Å². The summed E-state index contributed by atoms with van der Waals surface area (Å²) >= 11 is 0. The van der Waals surface area contributed by atoms with Crippen LogP contribution < -0.4 is 5.32 Å². The van der Waals surface area contributed by atoms with Crippen molar-refractivity contribution in [1.29, 1.82) is 5.41 Å². The summed E-state index contributed by atoms with van der Waals surface area (Å²) in [6.45, 7) is 0. The lowest BCUT2D eigenvalue weighted by Gasteiger charge is -2.44. The van der Waals surface area contributed by atoms with Gasteiger partial charge in [-0.2, -0.15) is 0 Å². The molecule has 4 nitrogen and oxygen atoms in total. The molecule has 3 aromatic rings. The average Bonchev–Trinajstić information content (AvgIpc) is 2.76. The van der Waals surface area contributed by atoms with Crippen LogP contribution in [0.2, 0.25) is 0 Å². The van der Waals surface area contributed by atoms with Gasteiger partial charge in [-0.3, -0.25) is 10.2 Å². The zero-order valence-electron chi connectivity index (χ0n) is 16.9. The third-order valence-electron chi connectivity index (χ3n) is 5.94. The van der Waals surface area contributed by atoms with E-state index in [1.54, 1.807) is 0 Å². The van der Waals surface area contributed by atoms with Crippen LogP contribution in [0.25, 0.3) is 0 Å². The van der Waals surface area contributed by atoms with Crippen LogP contribution in [0.3, 0.4) is 0 Å². The van der Waals surface area contributed by atoms with E-state index in [0.29, 0.717) is 12.1 Å². The first kappa shape index (κ1) is 19.9. The number of carboxylic acid groups (broad SMARTS) is 1. The molecule has 0 aromatic heterocycles. The molecule has 3 aromatic carbocycles. The topological polar surface area (TPSA) is 73.2 Å². The summed E-state index contributed by atoms with van der Waals surface area (Å²) in [5.41, 5.74) is 5.55. The number of aryl methyl sites for hydroxylation is 1. The third-order valence-corrected chi connectivity index (χ3v) is 5.94.